The molecule has 0 radical (unpaired) electrons. The third-order valence-electron chi connectivity index (χ3n) is 5.49. The van der Waals surface area contributed by atoms with Crippen molar-refractivity contribution in [2.75, 3.05) is 19.5 Å². The van der Waals surface area contributed by atoms with Gasteiger partial charge in [0.25, 0.3) is 18.4 Å². The van der Waals surface area contributed by atoms with Gasteiger partial charge in [-0.3, -0.25) is 4.18 Å². The minimum atomic E-state index is -3.48. The van der Waals surface area contributed by atoms with Gasteiger partial charge in [0.1, 0.15) is 0 Å². The molecule has 0 saturated heterocycles. The molecule has 0 bridgehead atoms. The zero-order valence-electron chi connectivity index (χ0n) is 18.7. The van der Waals surface area contributed by atoms with Gasteiger partial charge in [0.15, 0.2) is 0 Å². The molecule has 0 N–H and O–H groups in total. The standard InChI is InChI=1S/C24H34O4SSi/c1-7-21(20(2)18-27-29(6,25)26)19-28-30(24(3,4)5,22-14-10-8-11-15-22)23-16-12-9-13-17-23/h7-17,20-21H,1,18-19H2,2-6H3/t20-,21-/m0/s1. The molecule has 2 aromatic carbocycles. The van der Waals surface area contributed by atoms with Crippen molar-refractivity contribution >= 4 is 28.8 Å². The molecule has 0 aliphatic carbocycles. The molecule has 0 aromatic heterocycles. The van der Waals surface area contributed by atoms with Crippen molar-refractivity contribution in [1.82, 2.24) is 0 Å². The fraction of sp³-hybridized carbons (Fsp3) is 0.417. The van der Waals surface area contributed by atoms with Gasteiger partial charge in [-0.2, -0.15) is 8.42 Å². The molecule has 0 heterocycles. The summed E-state index contributed by atoms with van der Waals surface area (Å²) in [4.78, 5) is 0. The average Bonchev–Trinajstić information content (AvgIpc) is 2.69. The van der Waals surface area contributed by atoms with E-state index in [-0.39, 0.29) is 23.5 Å². The molecule has 2 rings (SSSR count). The smallest absolute Gasteiger partial charge is 0.264 e. The Morgan fingerprint density at radius 1 is 0.967 bits per heavy atom. The largest absolute Gasteiger partial charge is 0.407 e. The first-order valence-corrected chi connectivity index (χ1v) is 14.0. The van der Waals surface area contributed by atoms with E-state index in [2.05, 4.69) is 75.9 Å². The van der Waals surface area contributed by atoms with E-state index in [1.54, 1.807) is 0 Å². The molecule has 0 unspecified atom stereocenters. The predicted octanol–water partition coefficient (Wildman–Crippen LogP) is 3.98. The number of benzene rings is 2. The highest BCUT2D eigenvalue weighted by molar-refractivity contribution is 7.85. The van der Waals surface area contributed by atoms with Gasteiger partial charge in [-0.1, -0.05) is 94.4 Å². The second kappa shape index (κ2) is 10.0. The molecule has 4 nitrogen and oxygen atoms in total. The van der Waals surface area contributed by atoms with Crippen molar-refractivity contribution in [3.05, 3.63) is 73.3 Å². The molecule has 0 fully saturated rings. The quantitative estimate of drug-likeness (QED) is 0.315. The summed E-state index contributed by atoms with van der Waals surface area (Å²) in [5.41, 5.74) is 0. The van der Waals surface area contributed by atoms with Crippen LogP contribution in [0.4, 0.5) is 0 Å². The molecule has 6 heteroatoms. The topological polar surface area (TPSA) is 52.6 Å². The Bertz CT molecular complexity index is 866. The summed E-state index contributed by atoms with van der Waals surface area (Å²) in [6, 6.07) is 20.9. The van der Waals surface area contributed by atoms with E-state index in [4.69, 9.17) is 8.61 Å². The Labute approximate surface area is 183 Å². The van der Waals surface area contributed by atoms with E-state index in [0.717, 1.165) is 6.26 Å². The first kappa shape index (κ1) is 24.5. The maximum atomic E-state index is 11.4. The summed E-state index contributed by atoms with van der Waals surface area (Å²) in [7, 11) is -6.12. The molecule has 164 valence electrons. The lowest BCUT2D eigenvalue weighted by Crippen LogP contribution is -2.67. The van der Waals surface area contributed by atoms with Crippen molar-refractivity contribution in [3.63, 3.8) is 0 Å². The Balaban J connectivity index is 2.42. The summed E-state index contributed by atoms with van der Waals surface area (Å²) in [5, 5.41) is 2.31. The highest BCUT2D eigenvalue weighted by Crippen LogP contribution is 2.37. The number of rotatable bonds is 10. The molecule has 2 aromatic rings. The van der Waals surface area contributed by atoms with Crippen LogP contribution < -0.4 is 10.4 Å². The maximum Gasteiger partial charge on any atom is 0.264 e. The van der Waals surface area contributed by atoms with Gasteiger partial charge < -0.3 is 4.43 Å². The van der Waals surface area contributed by atoms with Crippen molar-refractivity contribution in [1.29, 1.82) is 0 Å². The van der Waals surface area contributed by atoms with Crippen molar-refractivity contribution in [3.8, 4) is 0 Å². The molecular weight excluding hydrogens is 412 g/mol. The van der Waals surface area contributed by atoms with Crippen LogP contribution >= 0.6 is 0 Å². The van der Waals surface area contributed by atoms with Gasteiger partial charge in [-0.25, -0.2) is 0 Å². The fourth-order valence-electron chi connectivity index (χ4n) is 3.80. The molecular formula is C24H34O4SSi. The van der Waals surface area contributed by atoms with E-state index in [9.17, 15) is 8.42 Å². The van der Waals surface area contributed by atoms with Crippen LogP contribution in [0.5, 0.6) is 0 Å². The third-order valence-corrected chi connectivity index (χ3v) is 11.1. The van der Waals surface area contributed by atoms with Crippen LogP contribution in [0.1, 0.15) is 27.7 Å². The second-order valence-electron chi connectivity index (χ2n) is 8.84. The van der Waals surface area contributed by atoms with Gasteiger partial charge in [-0.05, 0) is 21.3 Å². The maximum absolute atomic E-state index is 11.4. The Morgan fingerprint density at radius 2 is 1.43 bits per heavy atom. The average molecular weight is 447 g/mol. The van der Waals surface area contributed by atoms with E-state index in [1.165, 1.54) is 10.4 Å². The first-order chi connectivity index (χ1) is 14.0. The highest BCUT2D eigenvalue weighted by atomic mass is 32.2. The van der Waals surface area contributed by atoms with Crippen molar-refractivity contribution in [2.45, 2.75) is 32.7 Å². The van der Waals surface area contributed by atoms with Crippen LogP contribution in [0.25, 0.3) is 0 Å². The normalized spacial score (nSPS) is 14.8. The third kappa shape index (κ3) is 5.91. The van der Waals surface area contributed by atoms with Gasteiger partial charge >= 0.3 is 0 Å². The van der Waals surface area contributed by atoms with E-state index >= 15 is 0 Å². The monoisotopic (exact) mass is 446 g/mol. The molecule has 0 spiro atoms. The Hall–Kier alpha value is -1.73. The zero-order chi connectivity index (χ0) is 22.4. The van der Waals surface area contributed by atoms with E-state index in [0.29, 0.717) is 6.61 Å². The van der Waals surface area contributed by atoms with Crippen LogP contribution in [0.2, 0.25) is 5.04 Å². The summed E-state index contributed by atoms with van der Waals surface area (Å²) in [6.45, 7) is 13.2. The SMILES string of the molecule is C=C[C@@H](CO[Si](c1ccccc1)(c1ccccc1)C(C)(C)C)[C@@H](C)COS(C)(=O)=O. The molecule has 0 aliphatic heterocycles. The first-order valence-electron chi connectivity index (χ1n) is 10.2. The summed E-state index contributed by atoms with van der Waals surface area (Å²) < 4.78 is 34.7. The van der Waals surface area contributed by atoms with Crippen LogP contribution in [0.3, 0.4) is 0 Å². The Kier molecular flexibility index (Phi) is 8.22. The van der Waals surface area contributed by atoms with Crippen molar-refractivity contribution < 1.29 is 17.0 Å². The highest BCUT2D eigenvalue weighted by Gasteiger charge is 2.50. The van der Waals surface area contributed by atoms with Gasteiger partial charge in [-0.15, -0.1) is 6.58 Å². The minimum absolute atomic E-state index is 0.0339. The Morgan fingerprint density at radius 3 is 1.80 bits per heavy atom. The van der Waals surface area contributed by atoms with Gasteiger partial charge in [0.05, 0.1) is 12.9 Å². The van der Waals surface area contributed by atoms with Crippen LogP contribution in [-0.4, -0.2) is 36.2 Å². The molecule has 0 aliphatic rings. The van der Waals surface area contributed by atoms with Crippen molar-refractivity contribution in [2.24, 2.45) is 11.8 Å². The lowest BCUT2D eigenvalue weighted by molar-refractivity contribution is 0.177. The zero-order valence-corrected chi connectivity index (χ0v) is 20.5. The molecule has 2 atom stereocenters. The summed E-state index contributed by atoms with van der Waals surface area (Å²) in [5.74, 6) is -0.0798. The molecule has 0 saturated carbocycles. The van der Waals surface area contributed by atoms with Crippen LogP contribution in [-0.2, 0) is 18.7 Å². The number of hydrogen-bond acceptors (Lipinski definition) is 4. The van der Waals surface area contributed by atoms with E-state index in [1.807, 2.05) is 25.1 Å². The summed E-state index contributed by atoms with van der Waals surface area (Å²) in [6.07, 6.45) is 2.91. The van der Waals surface area contributed by atoms with E-state index < -0.39 is 18.4 Å². The van der Waals surface area contributed by atoms with Gasteiger partial charge in [0, 0.05) is 12.5 Å². The van der Waals surface area contributed by atoms with Crippen LogP contribution in [0, 0.1) is 11.8 Å². The second-order valence-corrected chi connectivity index (χ2v) is 14.8. The lowest BCUT2D eigenvalue weighted by Gasteiger charge is -2.44. The number of hydrogen-bond donors (Lipinski definition) is 0. The fourth-order valence-corrected chi connectivity index (χ4v) is 8.86. The van der Waals surface area contributed by atoms with Crippen LogP contribution in [0.15, 0.2) is 73.3 Å². The predicted molar refractivity (Wildman–Crippen MR) is 127 cm³/mol. The minimum Gasteiger partial charge on any atom is -0.407 e. The lowest BCUT2D eigenvalue weighted by atomic mass is 9.96. The van der Waals surface area contributed by atoms with Gasteiger partial charge in [0.2, 0.25) is 0 Å². The molecule has 30 heavy (non-hydrogen) atoms. The summed E-state index contributed by atoms with van der Waals surface area (Å²) >= 11 is 0. The molecule has 0 amide bonds.